The molecule has 28 heavy (non-hydrogen) atoms. The van der Waals surface area contributed by atoms with Crippen LogP contribution in [0.4, 0.5) is 11.4 Å². The van der Waals surface area contributed by atoms with Gasteiger partial charge in [-0.05, 0) is 69.7 Å². The molecule has 0 aliphatic rings. The van der Waals surface area contributed by atoms with E-state index in [9.17, 15) is 0 Å². The molecule has 0 fully saturated rings. The number of thiol groups is 1. The smallest absolute Gasteiger partial charge is 0.122 e. The van der Waals surface area contributed by atoms with Crippen LogP contribution in [-0.2, 0) is 0 Å². The number of rotatable bonds is 6. The molecule has 0 bridgehead atoms. The Morgan fingerprint density at radius 3 is 2.32 bits per heavy atom. The number of aliphatic hydroxyl groups excluding tert-OH is 1. The minimum atomic E-state index is 0.250. The highest BCUT2D eigenvalue weighted by Gasteiger charge is 2.00. The van der Waals surface area contributed by atoms with Gasteiger partial charge >= 0.3 is 0 Å². The summed E-state index contributed by atoms with van der Waals surface area (Å²) < 4.78 is 10.5. The molecule has 0 radical (unpaired) electrons. The normalized spacial score (nSPS) is 9.11. The van der Waals surface area contributed by atoms with Crippen LogP contribution in [0.15, 0.2) is 58.7 Å². The third-order valence-corrected chi connectivity index (χ3v) is 3.49. The molecule has 0 saturated heterocycles. The van der Waals surface area contributed by atoms with Gasteiger partial charge in [0.2, 0.25) is 0 Å². The van der Waals surface area contributed by atoms with Gasteiger partial charge in [0, 0.05) is 22.9 Å². The average molecular weight is 406 g/mol. The molecule has 2 rings (SSSR count). The van der Waals surface area contributed by atoms with Crippen LogP contribution in [0.25, 0.3) is 0 Å². The average Bonchev–Trinajstić information content (AvgIpc) is 2.64. The minimum absolute atomic E-state index is 0.250. The van der Waals surface area contributed by atoms with Crippen LogP contribution in [0.1, 0.15) is 26.3 Å². The fourth-order valence-electron chi connectivity index (χ4n) is 2.01. The monoisotopic (exact) mass is 405 g/mol. The Labute approximate surface area is 173 Å². The highest BCUT2D eigenvalue weighted by atomic mass is 32.1. The fourth-order valence-corrected chi connectivity index (χ4v) is 2.27. The quantitative estimate of drug-likeness (QED) is 0.351. The lowest BCUT2D eigenvalue weighted by Gasteiger charge is -2.07. The van der Waals surface area contributed by atoms with Crippen LogP contribution in [0.2, 0.25) is 0 Å². The summed E-state index contributed by atoms with van der Waals surface area (Å²) >= 11 is 4.19. The molecule has 0 atom stereocenters. The van der Waals surface area contributed by atoms with E-state index in [0.29, 0.717) is 17.2 Å². The number of nitrogens with zero attached hydrogens (tertiary/aromatic N) is 1. The molecule has 0 aliphatic carbocycles. The van der Waals surface area contributed by atoms with Gasteiger partial charge in [0.15, 0.2) is 0 Å². The van der Waals surface area contributed by atoms with Crippen LogP contribution in [0.5, 0.6) is 11.5 Å². The van der Waals surface area contributed by atoms with Gasteiger partial charge in [-0.2, -0.15) is 5.11 Å². The number of hydrogen-bond acceptors (Lipinski definition) is 7. The molecule has 7 heteroatoms. The minimum Gasteiger partial charge on any atom is -0.497 e. The summed E-state index contributed by atoms with van der Waals surface area (Å²) in [5.41, 5.74) is 10.3. The van der Waals surface area contributed by atoms with Crippen LogP contribution in [0, 0.1) is 12.5 Å². The van der Waals surface area contributed by atoms with E-state index in [2.05, 4.69) is 29.6 Å². The number of methoxy groups -OCH3 is 1. The number of anilines is 1. The van der Waals surface area contributed by atoms with Crippen molar-refractivity contribution in [3.8, 4) is 11.5 Å². The van der Waals surface area contributed by atoms with Crippen LogP contribution in [-0.4, -0.2) is 25.4 Å². The van der Waals surface area contributed by atoms with Crippen molar-refractivity contribution in [1.29, 1.82) is 5.53 Å². The molecular weight excluding hydrogens is 374 g/mol. The first-order valence-electron chi connectivity index (χ1n) is 8.84. The molecular formula is C21H31N3O3S. The van der Waals surface area contributed by atoms with E-state index >= 15 is 0 Å². The molecule has 6 nitrogen and oxygen atoms in total. The van der Waals surface area contributed by atoms with E-state index in [0.717, 1.165) is 28.4 Å². The Morgan fingerprint density at radius 1 is 1.25 bits per heavy atom. The maximum atomic E-state index is 7.57. The summed E-state index contributed by atoms with van der Waals surface area (Å²) in [5.74, 6) is 1.80. The van der Waals surface area contributed by atoms with Gasteiger partial charge in [-0.25, -0.2) is 5.53 Å². The first kappa shape index (κ1) is 25.5. The van der Waals surface area contributed by atoms with E-state index < -0.39 is 0 Å². The summed E-state index contributed by atoms with van der Waals surface area (Å²) in [4.78, 5) is 0.682. The number of ether oxygens (including phenoxy) is 2. The van der Waals surface area contributed by atoms with Crippen LogP contribution in [0.3, 0.4) is 0 Å². The molecule has 0 aromatic heterocycles. The molecule has 2 aromatic rings. The zero-order valence-corrected chi connectivity index (χ0v) is 18.1. The number of nitrogens with one attached hydrogen (secondary N) is 2. The first-order chi connectivity index (χ1) is 13.3. The lowest BCUT2D eigenvalue weighted by Crippen LogP contribution is -1.94. The van der Waals surface area contributed by atoms with Crippen molar-refractivity contribution >= 4 is 24.0 Å². The zero-order valence-electron chi connectivity index (χ0n) is 17.2. The standard InChI is InChI=1S/C10H14O2.C9H11N3S.C2H6O/c1-4-12-10-6-5-9(11-3)7-8(10)2;1-6(2)11-7-3-4-8(12-10)9(13)5-7;1-2-3/h5-7H,4H2,1-3H3;3-5,10-11,13H,1H2,2H3;3H,2H2,1H3. The Hall–Kier alpha value is -2.51. The molecule has 0 aliphatic heterocycles. The van der Waals surface area contributed by atoms with Gasteiger partial charge in [0.1, 0.15) is 11.5 Å². The number of aryl methyl sites for hydroxylation is 1. The fraction of sp³-hybridized carbons (Fsp3) is 0.333. The highest BCUT2D eigenvalue weighted by Crippen LogP contribution is 2.26. The Morgan fingerprint density at radius 2 is 1.89 bits per heavy atom. The van der Waals surface area contributed by atoms with Crippen molar-refractivity contribution < 1.29 is 14.6 Å². The van der Waals surface area contributed by atoms with E-state index in [-0.39, 0.29) is 6.61 Å². The van der Waals surface area contributed by atoms with Crippen molar-refractivity contribution in [1.82, 2.24) is 0 Å². The largest absolute Gasteiger partial charge is 0.497 e. The molecule has 0 heterocycles. The maximum Gasteiger partial charge on any atom is 0.122 e. The Balaban J connectivity index is 0.000000458. The lowest BCUT2D eigenvalue weighted by atomic mass is 10.2. The molecule has 0 spiro atoms. The highest BCUT2D eigenvalue weighted by molar-refractivity contribution is 7.80. The molecule has 0 amide bonds. The molecule has 0 saturated carbocycles. The number of aliphatic hydroxyl groups is 1. The van der Waals surface area contributed by atoms with Gasteiger partial charge in [0.05, 0.1) is 19.4 Å². The second-order valence-corrected chi connectivity index (χ2v) is 6.08. The van der Waals surface area contributed by atoms with Gasteiger partial charge in [-0.3, -0.25) is 0 Å². The number of allylic oxidation sites excluding steroid dienone is 1. The topological polar surface area (TPSA) is 86.9 Å². The second kappa shape index (κ2) is 14.5. The summed E-state index contributed by atoms with van der Waals surface area (Å²) in [7, 11) is 1.66. The Bertz CT molecular complexity index is 752. The second-order valence-electron chi connectivity index (χ2n) is 5.60. The van der Waals surface area contributed by atoms with Crippen molar-refractivity contribution in [2.75, 3.05) is 25.6 Å². The zero-order chi connectivity index (χ0) is 21.5. The van der Waals surface area contributed by atoms with E-state index in [1.807, 2.05) is 51.1 Å². The third kappa shape index (κ3) is 9.99. The number of hydrogen-bond donors (Lipinski definition) is 4. The molecule has 2 aromatic carbocycles. The predicted molar refractivity (Wildman–Crippen MR) is 119 cm³/mol. The summed E-state index contributed by atoms with van der Waals surface area (Å²) in [6.07, 6.45) is 0. The predicted octanol–water partition coefficient (Wildman–Crippen LogP) is 5.98. The summed E-state index contributed by atoms with van der Waals surface area (Å²) in [5, 5.41) is 13.9. The third-order valence-electron chi connectivity index (χ3n) is 3.14. The van der Waals surface area contributed by atoms with E-state index in [4.69, 9.17) is 20.1 Å². The maximum absolute atomic E-state index is 7.57. The van der Waals surface area contributed by atoms with E-state index in [1.54, 1.807) is 20.1 Å². The number of benzene rings is 2. The molecule has 3 N–H and O–H groups in total. The first-order valence-corrected chi connectivity index (χ1v) is 9.28. The van der Waals surface area contributed by atoms with Crippen molar-refractivity contribution in [3.63, 3.8) is 0 Å². The van der Waals surface area contributed by atoms with Crippen LogP contribution < -0.4 is 14.8 Å². The lowest BCUT2D eigenvalue weighted by molar-refractivity contribution is 0.318. The van der Waals surface area contributed by atoms with Crippen molar-refractivity contribution in [2.24, 2.45) is 5.11 Å². The Kier molecular flexibility index (Phi) is 13.2. The summed E-state index contributed by atoms with van der Waals surface area (Å²) in [6, 6.07) is 11.2. The van der Waals surface area contributed by atoms with Crippen LogP contribution >= 0.6 is 12.6 Å². The van der Waals surface area contributed by atoms with Crippen molar-refractivity contribution in [2.45, 2.75) is 32.6 Å². The van der Waals surface area contributed by atoms with Gasteiger partial charge in [-0.1, -0.05) is 6.58 Å². The summed E-state index contributed by atoms with van der Waals surface area (Å²) in [6.45, 7) is 12.2. The molecule has 0 unspecified atom stereocenters. The van der Waals surface area contributed by atoms with E-state index in [1.165, 1.54) is 0 Å². The van der Waals surface area contributed by atoms with Crippen molar-refractivity contribution in [3.05, 3.63) is 54.2 Å². The van der Waals surface area contributed by atoms with Gasteiger partial charge in [0.25, 0.3) is 0 Å². The van der Waals surface area contributed by atoms with Gasteiger partial charge in [-0.15, -0.1) is 12.6 Å². The SMILES string of the molecule is C=C(C)Nc1ccc(N=N)c(S)c1.CCO.CCOc1ccc(OC)cc1C. The van der Waals surface area contributed by atoms with Gasteiger partial charge < -0.3 is 19.9 Å². The molecule has 154 valence electrons.